The summed E-state index contributed by atoms with van der Waals surface area (Å²) in [5.74, 6) is 0.265. The first-order chi connectivity index (χ1) is 8.38. The average Bonchev–Trinajstić information content (AvgIpc) is 2.55. The van der Waals surface area contributed by atoms with Gasteiger partial charge in [-0.05, 0) is 25.0 Å². The second kappa shape index (κ2) is 4.51. The Labute approximate surface area is 102 Å². The number of hydrogen-bond acceptors (Lipinski definition) is 2. The second-order valence-corrected chi connectivity index (χ2v) is 4.28. The molecule has 0 fully saturated rings. The molecule has 18 heavy (non-hydrogen) atoms. The Morgan fingerprint density at radius 1 is 1.33 bits per heavy atom. The first-order valence-electron chi connectivity index (χ1n) is 5.66. The minimum absolute atomic E-state index is 0.00743. The number of nitrogens with zero attached hydrogens (tertiary/aromatic N) is 2. The van der Waals surface area contributed by atoms with Crippen molar-refractivity contribution >= 4 is 17.0 Å². The van der Waals surface area contributed by atoms with Crippen LogP contribution in [0.4, 0.5) is 19.1 Å². The number of benzene rings is 1. The third-order valence-electron chi connectivity index (χ3n) is 2.84. The van der Waals surface area contributed by atoms with Gasteiger partial charge in [-0.1, -0.05) is 12.1 Å². The van der Waals surface area contributed by atoms with Crippen LogP contribution < -0.4 is 5.73 Å². The molecule has 0 aliphatic carbocycles. The lowest BCUT2D eigenvalue weighted by Crippen LogP contribution is -2.10. The minimum atomic E-state index is -4.12. The average molecular weight is 257 g/mol. The molecule has 0 aliphatic heterocycles. The second-order valence-electron chi connectivity index (χ2n) is 4.28. The molecule has 0 bridgehead atoms. The largest absolute Gasteiger partial charge is 0.389 e. The predicted octanol–water partition coefficient (Wildman–Crippen LogP) is 3.27. The fraction of sp³-hybridized carbons (Fsp3) is 0.417. The number of aromatic nitrogens is 2. The van der Waals surface area contributed by atoms with E-state index in [-0.39, 0.29) is 18.9 Å². The topological polar surface area (TPSA) is 43.8 Å². The van der Waals surface area contributed by atoms with Crippen molar-refractivity contribution in [3.8, 4) is 0 Å². The Morgan fingerprint density at radius 2 is 2.06 bits per heavy atom. The van der Waals surface area contributed by atoms with Gasteiger partial charge in [0.05, 0.1) is 11.0 Å². The summed E-state index contributed by atoms with van der Waals surface area (Å²) < 4.78 is 38.0. The number of imidazole rings is 1. The van der Waals surface area contributed by atoms with Crippen LogP contribution >= 0.6 is 0 Å². The van der Waals surface area contributed by atoms with Gasteiger partial charge in [-0.2, -0.15) is 13.2 Å². The maximum absolute atomic E-state index is 12.1. The molecule has 0 saturated carbocycles. The zero-order chi connectivity index (χ0) is 13.3. The summed E-state index contributed by atoms with van der Waals surface area (Å²) in [6.45, 7) is 2.12. The van der Waals surface area contributed by atoms with Crippen LogP contribution in [0, 0.1) is 6.92 Å². The van der Waals surface area contributed by atoms with Gasteiger partial charge in [-0.15, -0.1) is 0 Å². The van der Waals surface area contributed by atoms with Gasteiger partial charge in [0.25, 0.3) is 0 Å². The Bertz CT molecular complexity index is 557. The number of anilines is 1. The van der Waals surface area contributed by atoms with Gasteiger partial charge in [0.2, 0.25) is 5.95 Å². The fourth-order valence-electron chi connectivity index (χ4n) is 2.05. The van der Waals surface area contributed by atoms with Gasteiger partial charge in [-0.25, -0.2) is 4.98 Å². The summed E-state index contributed by atoms with van der Waals surface area (Å²) in [6, 6.07) is 5.55. The molecule has 3 nitrogen and oxygen atoms in total. The molecular weight excluding hydrogens is 243 g/mol. The smallest absolute Gasteiger partial charge is 0.369 e. The molecule has 1 aromatic carbocycles. The zero-order valence-corrected chi connectivity index (χ0v) is 9.96. The van der Waals surface area contributed by atoms with Crippen LogP contribution in [0.2, 0.25) is 0 Å². The normalized spacial score (nSPS) is 12.2. The SMILES string of the molecule is Cc1cccc2nc(N)n(CCCC(F)(F)F)c12. The van der Waals surface area contributed by atoms with Crippen LogP contribution in [-0.4, -0.2) is 15.7 Å². The summed E-state index contributed by atoms with van der Waals surface area (Å²) in [7, 11) is 0. The summed E-state index contributed by atoms with van der Waals surface area (Å²) in [5, 5.41) is 0. The Balaban J connectivity index is 2.25. The highest BCUT2D eigenvalue weighted by Gasteiger charge is 2.26. The Morgan fingerprint density at radius 3 is 2.72 bits per heavy atom. The molecule has 1 aromatic heterocycles. The molecule has 2 N–H and O–H groups in total. The molecule has 2 aromatic rings. The van der Waals surface area contributed by atoms with Crippen LogP contribution in [0.15, 0.2) is 18.2 Å². The summed E-state index contributed by atoms with van der Waals surface area (Å²) in [5.41, 5.74) is 8.24. The maximum atomic E-state index is 12.1. The monoisotopic (exact) mass is 257 g/mol. The molecule has 6 heteroatoms. The highest BCUT2D eigenvalue weighted by Crippen LogP contribution is 2.25. The first-order valence-corrected chi connectivity index (χ1v) is 5.66. The van der Waals surface area contributed by atoms with Crippen molar-refractivity contribution in [1.29, 1.82) is 0 Å². The lowest BCUT2D eigenvalue weighted by molar-refractivity contribution is -0.135. The van der Waals surface area contributed by atoms with Crippen molar-refractivity contribution < 1.29 is 13.2 Å². The fourth-order valence-corrected chi connectivity index (χ4v) is 2.05. The van der Waals surface area contributed by atoms with E-state index in [2.05, 4.69) is 4.98 Å². The van der Waals surface area contributed by atoms with E-state index in [4.69, 9.17) is 5.73 Å². The van der Waals surface area contributed by atoms with Crippen LogP contribution in [-0.2, 0) is 6.54 Å². The highest BCUT2D eigenvalue weighted by atomic mass is 19.4. The third kappa shape index (κ3) is 2.57. The lowest BCUT2D eigenvalue weighted by Gasteiger charge is -2.09. The zero-order valence-electron chi connectivity index (χ0n) is 9.96. The van der Waals surface area contributed by atoms with Gasteiger partial charge in [0, 0.05) is 13.0 Å². The quantitative estimate of drug-likeness (QED) is 0.917. The van der Waals surface area contributed by atoms with Crippen LogP contribution in [0.25, 0.3) is 11.0 Å². The van der Waals surface area contributed by atoms with E-state index in [1.807, 2.05) is 19.1 Å². The number of nitrogen functional groups attached to an aromatic ring is 1. The van der Waals surface area contributed by atoms with Gasteiger partial charge in [-0.3, -0.25) is 0 Å². The molecule has 2 rings (SSSR count). The highest BCUT2D eigenvalue weighted by molar-refractivity contribution is 5.81. The molecule has 0 aliphatic rings. The third-order valence-corrected chi connectivity index (χ3v) is 2.84. The summed E-state index contributed by atoms with van der Waals surface area (Å²) >= 11 is 0. The van der Waals surface area contributed by atoms with Crippen molar-refractivity contribution in [2.45, 2.75) is 32.5 Å². The summed E-state index contributed by atoms with van der Waals surface area (Å²) in [6.07, 6.45) is -4.92. The van der Waals surface area contributed by atoms with Gasteiger partial charge in [0.15, 0.2) is 0 Å². The maximum Gasteiger partial charge on any atom is 0.389 e. The van der Waals surface area contributed by atoms with Crippen LogP contribution in [0.3, 0.4) is 0 Å². The van der Waals surface area contributed by atoms with Crippen molar-refractivity contribution in [1.82, 2.24) is 9.55 Å². The number of hydrogen-bond donors (Lipinski definition) is 1. The van der Waals surface area contributed by atoms with Gasteiger partial charge in [0.1, 0.15) is 0 Å². The van der Waals surface area contributed by atoms with E-state index >= 15 is 0 Å². The van der Waals surface area contributed by atoms with Gasteiger partial charge < -0.3 is 10.3 Å². The van der Waals surface area contributed by atoms with Gasteiger partial charge >= 0.3 is 6.18 Å². The van der Waals surface area contributed by atoms with Crippen molar-refractivity contribution in [2.75, 3.05) is 5.73 Å². The number of aryl methyl sites for hydroxylation is 2. The Kier molecular flexibility index (Phi) is 3.19. The predicted molar refractivity (Wildman–Crippen MR) is 64.2 cm³/mol. The first kappa shape index (κ1) is 12.7. The summed E-state index contributed by atoms with van der Waals surface area (Å²) in [4.78, 5) is 4.15. The van der Waals surface area contributed by atoms with Crippen molar-refractivity contribution in [3.63, 3.8) is 0 Å². The number of fused-ring (bicyclic) bond motifs is 1. The van der Waals surface area contributed by atoms with E-state index < -0.39 is 12.6 Å². The van der Waals surface area contributed by atoms with Crippen LogP contribution in [0.1, 0.15) is 18.4 Å². The molecule has 0 spiro atoms. The van der Waals surface area contributed by atoms with Crippen molar-refractivity contribution in [3.05, 3.63) is 23.8 Å². The number of halogens is 3. The van der Waals surface area contributed by atoms with Crippen molar-refractivity contribution in [2.24, 2.45) is 0 Å². The molecule has 0 saturated heterocycles. The number of alkyl halides is 3. The van der Waals surface area contributed by atoms with Crippen LogP contribution in [0.5, 0.6) is 0 Å². The standard InChI is InChI=1S/C12H14F3N3/c1-8-4-2-5-9-10(8)18(11(16)17-9)7-3-6-12(13,14)15/h2,4-5H,3,6-7H2,1H3,(H2,16,17). The molecule has 0 amide bonds. The number of rotatable bonds is 3. The molecule has 0 radical (unpaired) electrons. The van der Waals surface area contributed by atoms with E-state index in [0.29, 0.717) is 0 Å². The van der Waals surface area contributed by atoms with E-state index in [1.165, 1.54) is 0 Å². The van der Waals surface area contributed by atoms with E-state index in [0.717, 1.165) is 16.6 Å². The molecule has 1 heterocycles. The molecule has 0 atom stereocenters. The Hall–Kier alpha value is -1.72. The number of nitrogens with two attached hydrogens (primary N) is 1. The van der Waals surface area contributed by atoms with E-state index in [1.54, 1.807) is 10.6 Å². The molecule has 98 valence electrons. The molecular formula is C12H14F3N3. The lowest BCUT2D eigenvalue weighted by atomic mass is 10.2. The van der Waals surface area contributed by atoms with E-state index in [9.17, 15) is 13.2 Å². The molecule has 0 unspecified atom stereocenters. The minimum Gasteiger partial charge on any atom is -0.369 e. The number of para-hydroxylation sites is 1.